The van der Waals surface area contributed by atoms with Gasteiger partial charge < -0.3 is 14.7 Å². The molecule has 1 amide bonds. The molecule has 0 saturated heterocycles. The van der Waals surface area contributed by atoms with E-state index in [9.17, 15) is 9.59 Å². The minimum absolute atomic E-state index is 0.182. The molecular weight excluding hydrogens is 258 g/mol. The van der Waals surface area contributed by atoms with Crippen molar-refractivity contribution in [2.45, 2.75) is 26.7 Å². The molecule has 1 rings (SSSR count). The molecule has 0 radical (unpaired) electrons. The Morgan fingerprint density at radius 1 is 1.35 bits per heavy atom. The molecule has 1 N–H and O–H groups in total. The van der Waals surface area contributed by atoms with Crippen molar-refractivity contribution in [3.05, 3.63) is 29.8 Å². The average molecular weight is 279 g/mol. The zero-order chi connectivity index (χ0) is 15.0. The number of carboxylic acids is 1. The summed E-state index contributed by atoms with van der Waals surface area (Å²) in [6.45, 7) is 4.33. The number of rotatable bonds is 8. The van der Waals surface area contributed by atoms with Crippen molar-refractivity contribution in [1.29, 1.82) is 0 Å². The van der Waals surface area contributed by atoms with Crippen LogP contribution in [0.3, 0.4) is 0 Å². The summed E-state index contributed by atoms with van der Waals surface area (Å²) in [7, 11) is 0. The van der Waals surface area contributed by atoms with Crippen LogP contribution in [0.1, 0.15) is 25.3 Å². The van der Waals surface area contributed by atoms with Crippen molar-refractivity contribution in [3.63, 3.8) is 0 Å². The van der Waals surface area contributed by atoms with Crippen molar-refractivity contribution in [3.8, 4) is 5.75 Å². The van der Waals surface area contributed by atoms with Gasteiger partial charge >= 0.3 is 5.97 Å². The molecule has 0 spiro atoms. The molecule has 5 heteroatoms. The number of carbonyl (C=O) groups excluding carboxylic acids is 1. The van der Waals surface area contributed by atoms with Crippen LogP contribution in [0.2, 0.25) is 0 Å². The van der Waals surface area contributed by atoms with Gasteiger partial charge in [0.05, 0.1) is 13.0 Å². The third-order valence-electron chi connectivity index (χ3n) is 2.75. The molecule has 0 fully saturated rings. The van der Waals surface area contributed by atoms with Crippen LogP contribution in [0, 0.1) is 6.92 Å². The lowest BCUT2D eigenvalue weighted by molar-refractivity contribution is -0.144. The third kappa shape index (κ3) is 5.73. The van der Waals surface area contributed by atoms with Crippen LogP contribution < -0.4 is 4.74 Å². The number of amides is 1. The summed E-state index contributed by atoms with van der Waals surface area (Å²) in [4.78, 5) is 24.0. The Labute approximate surface area is 119 Å². The van der Waals surface area contributed by atoms with Gasteiger partial charge in [0.1, 0.15) is 12.3 Å². The van der Waals surface area contributed by atoms with Crippen molar-refractivity contribution in [2.24, 2.45) is 0 Å². The van der Waals surface area contributed by atoms with Crippen molar-refractivity contribution in [1.82, 2.24) is 4.90 Å². The highest BCUT2D eigenvalue weighted by molar-refractivity contribution is 5.81. The van der Waals surface area contributed by atoms with Crippen molar-refractivity contribution in [2.75, 3.05) is 19.7 Å². The van der Waals surface area contributed by atoms with E-state index in [2.05, 4.69) is 0 Å². The normalized spacial score (nSPS) is 10.1. The minimum Gasteiger partial charge on any atom is -0.493 e. The summed E-state index contributed by atoms with van der Waals surface area (Å²) in [5.74, 6) is -0.466. The first kappa shape index (κ1) is 16.0. The molecule has 0 bridgehead atoms. The number of carboxylic acid groups (broad SMARTS) is 1. The van der Waals surface area contributed by atoms with E-state index in [1.54, 1.807) is 0 Å². The number of hydrogen-bond donors (Lipinski definition) is 1. The Kier molecular flexibility index (Phi) is 6.56. The van der Waals surface area contributed by atoms with Crippen LogP contribution in [0.25, 0.3) is 0 Å². The van der Waals surface area contributed by atoms with Crippen LogP contribution in [-0.4, -0.2) is 41.6 Å². The topological polar surface area (TPSA) is 66.8 Å². The fourth-order valence-electron chi connectivity index (χ4n) is 1.84. The Morgan fingerprint density at radius 2 is 2.10 bits per heavy atom. The van der Waals surface area contributed by atoms with Crippen LogP contribution in [0.4, 0.5) is 0 Å². The smallest absolute Gasteiger partial charge is 0.323 e. The second kappa shape index (κ2) is 8.19. The first-order valence-corrected chi connectivity index (χ1v) is 6.72. The molecule has 110 valence electrons. The van der Waals surface area contributed by atoms with Crippen LogP contribution >= 0.6 is 0 Å². The average Bonchev–Trinajstić information content (AvgIpc) is 2.37. The van der Waals surface area contributed by atoms with Gasteiger partial charge in [-0.05, 0) is 31.0 Å². The van der Waals surface area contributed by atoms with Gasteiger partial charge in [-0.3, -0.25) is 9.59 Å². The molecular formula is C15H21NO4. The molecule has 5 nitrogen and oxygen atoms in total. The molecule has 0 aliphatic carbocycles. The first-order valence-electron chi connectivity index (χ1n) is 6.72. The van der Waals surface area contributed by atoms with E-state index < -0.39 is 5.97 Å². The predicted molar refractivity (Wildman–Crippen MR) is 75.8 cm³/mol. The lowest BCUT2D eigenvalue weighted by Gasteiger charge is -2.20. The minimum atomic E-state index is -0.994. The fourth-order valence-corrected chi connectivity index (χ4v) is 1.84. The highest BCUT2D eigenvalue weighted by atomic mass is 16.5. The number of carbonyl (C=O) groups is 2. The lowest BCUT2D eigenvalue weighted by atomic mass is 10.2. The maximum atomic E-state index is 11.9. The second-order valence-corrected chi connectivity index (χ2v) is 4.62. The van der Waals surface area contributed by atoms with E-state index in [4.69, 9.17) is 9.84 Å². The summed E-state index contributed by atoms with van der Waals surface area (Å²) in [5.41, 5.74) is 1.09. The zero-order valence-corrected chi connectivity index (χ0v) is 12.0. The summed E-state index contributed by atoms with van der Waals surface area (Å²) in [5, 5.41) is 8.77. The van der Waals surface area contributed by atoms with Crippen molar-refractivity contribution >= 4 is 11.9 Å². The third-order valence-corrected chi connectivity index (χ3v) is 2.75. The largest absolute Gasteiger partial charge is 0.493 e. The maximum Gasteiger partial charge on any atom is 0.323 e. The molecule has 0 atom stereocenters. The van der Waals surface area contributed by atoms with Crippen LogP contribution in [-0.2, 0) is 9.59 Å². The van der Waals surface area contributed by atoms with Gasteiger partial charge in [-0.25, -0.2) is 0 Å². The molecule has 0 aromatic heterocycles. The van der Waals surface area contributed by atoms with Gasteiger partial charge in [0.25, 0.3) is 0 Å². The zero-order valence-electron chi connectivity index (χ0n) is 12.0. The molecule has 0 unspecified atom stereocenters. The standard InChI is InChI=1S/C15H21NO4/c1-3-8-16(11-15(18)19)14(17)7-9-20-13-6-4-5-12(2)10-13/h4-6,10H,3,7-9,11H2,1-2H3,(H,18,19). The highest BCUT2D eigenvalue weighted by Crippen LogP contribution is 2.12. The molecule has 1 aromatic rings. The monoisotopic (exact) mass is 279 g/mol. The summed E-state index contributed by atoms with van der Waals surface area (Å²) < 4.78 is 5.50. The van der Waals surface area contributed by atoms with E-state index >= 15 is 0 Å². The highest BCUT2D eigenvalue weighted by Gasteiger charge is 2.15. The fraction of sp³-hybridized carbons (Fsp3) is 0.467. The van der Waals surface area contributed by atoms with E-state index in [0.29, 0.717) is 6.54 Å². The Balaban J connectivity index is 2.42. The molecule has 20 heavy (non-hydrogen) atoms. The number of benzene rings is 1. The molecule has 0 heterocycles. The SMILES string of the molecule is CCCN(CC(=O)O)C(=O)CCOc1cccc(C)c1. The Bertz CT molecular complexity index is 459. The first-order chi connectivity index (χ1) is 9.52. The van der Waals surface area contributed by atoms with E-state index in [0.717, 1.165) is 17.7 Å². The summed E-state index contributed by atoms with van der Waals surface area (Å²) in [6.07, 6.45) is 0.916. The Morgan fingerprint density at radius 3 is 2.70 bits per heavy atom. The van der Waals surface area contributed by atoms with Crippen LogP contribution in [0.5, 0.6) is 5.75 Å². The molecule has 0 aliphatic heterocycles. The molecule has 0 saturated carbocycles. The second-order valence-electron chi connectivity index (χ2n) is 4.62. The number of aryl methyl sites for hydroxylation is 1. The van der Waals surface area contributed by atoms with E-state index in [1.807, 2.05) is 38.1 Å². The van der Waals surface area contributed by atoms with Gasteiger partial charge in [0, 0.05) is 6.54 Å². The van der Waals surface area contributed by atoms with E-state index in [-0.39, 0.29) is 25.5 Å². The van der Waals surface area contributed by atoms with Crippen LogP contribution in [0.15, 0.2) is 24.3 Å². The Hall–Kier alpha value is -2.04. The maximum absolute atomic E-state index is 11.9. The summed E-state index contributed by atoms with van der Waals surface area (Å²) in [6, 6.07) is 7.58. The number of ether oxygens (including phenoxy) is 1. The van der Waals surface area contributed by atoms with Gasteiger partial charge in [-0.15, -0.1) is 0 Å². The predicted octanol–water partition coefficient (Wildman–Crippen LogP) is 2.09. The summed E-state index contributed by atoms with van der Waals surface area (Å²) >= 11 is 0. The number of hydrogen-bond acceptors (Lipinski definition) is 3. The van der Waals surface area contributed by atoms with E-state index in [1.165, 1.54) is 4.90 Å². The van der Waals surface area contributed by atoms with Gasteiger partial charge in [-0.2, -0.15) is 0 Å². The lowest BCUT2D eigenvalue weighted by Crippen LogP contribution is -2.36. The van der Waals surface area contributed by atoms with Crippen molar-refractivity contribution < 1.29 is 19.4 Å². The molecule has 0 aliphatic rings. The van der Waals surface area contributed by atoms with Gasteiger partial charge in [0.15, 0.2) is 0 Å². The quantitative estimate of drug-likeness (QED) is 0.791. The van der Waals surface area contributed by atoms with Gasteiger partial charge in [0.2, 0.25) is 5.91 Å². The van der Waals surface area contributed by atoms with Gasteiger partial charge in [-0.1, -0.05) is 19.1 Å². The molecule has 1 aromatic carbocycles. The number of nitrogens with zero attached hydrogens (tertiary/aromatic N) is 1. The number of aliphatic carboxylic acids is 1.